The van der Waals surface area contributed by atoms with E-state index in [-0.39, 0.29) is 18.6 Å². The number of nitrogens with one attached hydrogen (secondary N) is 1. The maximum absolute atomic E-state index is 12.5. The van der Waals surface area contributed by atoms with Crippen molar-refractivity contribution in [2.45, 2.75) is 31.7 Å². The van der Waals surface area contributed by atoms with Crippen LogP contribution in [0, 0.1) is 0 Å². The summed E-state index contributed by atoms with van der Waals surface area (Å²) < 4.78 is 21.5. The molecule has 0 fully saturated rings. The highest BCUT2D eigenvalue weighted by Gasteiger charge is 2.27. The first-order chi connectivity index (χ1) is 13.2. The van der Waals surface area contributed by atoms with Gasteiger partial charge in [0.05, 0.1) is 14.2 Å². The fraction of sp³-hybridized carbons (Fsp3) is 0.381. The Morgan fingerprint density at radius 2 is 1.89 bits per heavy atom. The molecular formula is C21H23NO5. The van der Waals surface area contributed by atoms with Gasteiger partial charge in [0, 0.05) is 13.0 Å². The molecule has 2 aromatic rings. The predicted octanol–water partition coefficient (Wildman–Crippen LogP) is 3.17. The van der Waals surface area contributed by atoms with E-state index in [0.29, 0.717) is 18.7 Å². The van der Waals surface area contributed by atoms with Crippen LogP contribution in [0.15, 0.2) is 30.3 Å². The van der Waals surface area contributed by atoms with Crippen molar-refractivity contribution in [1.82, 2.24) is 5.32 Å². The Hall–Kier alpha value is -2.89. The lowest BCUT2D eigenvalue weighted by Gasteiger charge is -2.15. The van der Waals surface area contributed by atoms with Crippen LogP contribution in [0.3, 0.4) is 0 Å². The number of hydrogen-bond donors (Lipinski definition) is 1. The molecule has 1 N–H and O–H groups in total. The standard InChI is InChI=1S/C21H23NO5/c1-24-18-8-14-4-5-15(16(14)10-19(18)25-2)9-21(23)22-11-13-3-6-17-20(7-13)27-12-26-17/h3,6-8,10,15H,4-5,9,11-12H2,1-2H3,(H,22,23). The summed E-state index contributed by atoms with van der Waals surface area (Å²) in [5.74, 6) is 3.18. The predicted molar refractivity (Wildman–Crippen MR) is 99.6 cm³/mol. The van der Waals surface area contributed by atoms with Gasteiger partial charge >= 0.3 is 0 Å². The van der Waals surface area contributed by atoms with Gasteiger partial charge in [0.2, 0.25) is 12.7 Å². The van der Waals surface area contributed by atoms with Crippen molar-refractivity contribution in [1.29, 1.82) is 0 Å². The molecule has 1 amide bonds. The van der Waals surface area contributed by atoms with E-state index < -0.39 is 0 Å². The largest absolute Gasteiger partial charge is 0.493 e. The maximum Gasteiger partial charge on any atom is 0.231 e. The molecule has 2 aliphatic rings. The molecule has 0 aromatic heterocycles. The molecule has 6 nitrogen and oxygen atoms in total. The second kappa shape index (κ2) is 7.39. The van der Waals surface area contributed by atoms with Crippen LogP contribution in [0.5, 0.6) is 23.0 Å². The minimum absolute atomic E-state index is 0.0419. The van der Waals surface area contributed by atoms with Crippen molar-refractivity contribution in [3.8, 4) is 23.0 Å². The van der Waals surface area contributed by atoms with Crippen LogP contribution in [-0.4, -0.2) is 26.9 Å². The third-order valence-corrected chi connectivity index (χ3v) is 5.21. The highest BCUT2D eigenvalue weighted by molar-refractivity contribution is 5.77. The smallest absolute Gasteiger partial charge is 0.231 e. The number of methoxy groups -OCH3 is 2. The summed E-state index contributed by atoms with van der Waals surface area (Å²) >= 11 is 0. The number of amides is 1. The summed E-state index contributed by atoms with van der Waals surface area (Å²) in [7, 11) is 3.27. The molecule has 27 heavy (non-hydrogen) atoms. The number of rotatable bonds is 6. The van der Waals surface area contributed by atoms with E-state index in [9.17, 15) is 4.79 Å². The molecule has 0 radical (unpaired) electrons. The summed E-state index contributed by atoms with van der Waals surface area (Å²) in [5.41, 5.74) is 3.41. The molecule has 0 saturated carbocycles. The van der Waals surface area contributed by atoms with Crippen molar-refractivity contribution < 1.29 is 23.7 Å². The van der Waals surface area contributed by atoms with Crippen molar-refractivity contribution in [2.75, 3.05) is 21.0 Å². The van der Waals surface area contributed by atoms with Gasteiger partial charge in [-0.05, 0) is 59.7 Å². The monoisotopic (exact) mass is 369 g/mol. The minimum Gasteiger partial charge on any atom is -0.493 e. The van der Waals surface area contributed by atoms with Crippen molar-refractivity contribution in [3.63, 3.8) is 0 Å². The normalized spacial score (nSPS) is 16.7. The zero-order valence-corrected chi connectivity index (χ0v) is 15.5. The number of carbonyl (C=O) groups is 1. The Kier molecular flexibility index (Phi) is 4.79. The van der Waals surface area contributed by atoms with Gasteiger partial charge in [-0.2, -0.15) is 0 Å². The van der Waals surface area contributed by atoms with Gasteiger partial charge in [0.1, 0.15) is 0 Å². The molecule has 1 unspecified atom stereocenters. The summed E-state index contributed by atoms with van der Waals surface area (Å²) in [5, 5.41) is 3.01. The van der Waals surface area contributed by atoms with E-state index >= 15 is 0 Å². The number of hydrogen-bond acceptors (Lipinski definition) is 5. The molecule has 6 heteroatoms. The van der Waals surface area contributed by atoms with Crippen LogP contribution < -0.4 is 24.3 Å². The lowest BCUT2D eigenvalue weighted by Crippen LogP contribution is -2.24. The van der Waals surface area contributed by atoms with Gasteiger partial charge in [-0.3, -0.25) is 4.79 Å². The fourth-order valence-electron chi connectivity index (χ4n) is 3.78. The SMILES string of the molecule is COc1cc2c(cc1OC)C(CC(=O)NCc1ccc3c(c1)OCO3)CC2. The zero-order chi connectivity index (χ0) is 18.8. The topological polar surface area (TPSA) is 66.0 Å². The third kappa shape index (κ3) is 3.52. The summed E-state index contributed by atoms with van der Waals surface area (Å²) in [4.78, 5) is 12.5. The molecule has 1 atom stereocenters. The Labute approximate surface area is 158 Å². The lowest BCUT2D eigenvalue weighted by molar-refractivity contribution is -0.121. The molecule has 142 valence electrons. The van der Waals surface area contributed by atoms with Gasteiger partial charge in [-0.1, -0.05) is 6.07 Å². The number of carbonyl (C=O) groups excluding carboxylic acids is 1. The van der Waals surface area contributed by atoms with Crippen LogP contribution in [0.4, 0.5) is 0 Å². The van der Waals surface area contributed by atoms with Gasteiger partial charge in [-0.25, -0.2) is 0 Å². The molecule has 4 rings (SSSR count). The second-order valence-corrected chi connectivity index (χ2v) is 6.81. The third-order valence-electron chi connectivity index (χ3n) is 5.21. The first kappa shape index (κ1) is 17.5. The van der Waals surface area contributed by atoms with E-state index in [1.165, 1.54) is 11.1 Å². The highest BCUT2D eigenvalue weighted by atomic mass is 16.7. The Morgan fingerprint density at radius 3 is 2.70 bits per heavy atom. The molecule has 0 saturated heterocycles. The fourth-order valence-corrected chi connectivity index (χ4v) is 3.78. The first-order valence-corrected chi connectivity index (χ1v) is 9.08. The van der Waals surface area contributed by atoms with E-state index in [4.69, 9.17) is 18.9 Å². The average molecular weight is 369 g/mol. The van der Waals surface area contributed by atoms with E-state index in [2.05, 4.69) is 5.32 Å². The summed E-state index contributed by atoms with van der Waals surface area (Å²) in [6, 6.07) is 9.76. The summed E-state index contributed by atoms with van der Waals surface area (Å²) in [6.07, 6.45) is 2.38. The van der Waals surface area contributed by atoms with Gasteiger partial charge < -0.3 is 24.3 Å². The van der Waals surface area contributed by atoms with Crippen LogP contribution in [0.25, 0.3) is 0 Å². The molecule has 1 heterocycles. The Bertz CT molecular complexity index is 864. The summed E-state index contributed by atoms with van der Waals surface area (Å²) in [6.45, 7) is 0.724. The van der Waals surface area contributed by atoms with Crippen molar-refractivity contribution >= 4 is 5.91 Å². The average Bonchev–Trinajstić information content (AvgIpc) is 3.31. The number of fused-ring (bicyclic) bond motifs is 2. The van der Waals surface area contributed by atoms with Gasteiger partial charge in [0.15, 0.2) is 23.0 Å². The lowest BCUT2D eigenvalue weighted by atomic mass is 9.97. The Morgan fingerprint density at radius 1 is 1.11 bits per heavy atom. The zero-order valence-electron chi connectivity index (χ0n) is 15.5. The van der Waals surface area contributed by atoms with Gasteiger partial charge in [0.25, 0.3) is 0 Å². The Balaban J connectivity index is 1.38. The molecule has 0 bridgehead atoms. The molecule has 1 aliphatic carbocycles. The van der Waals surface area contributed by atoms with Crippen molar-refractivity contribution in [2.24, 2.45) is 0 Å². The van der Waals surface area contributed by atoms with Crippen LogP contribution in [0.1, 0.15) is 35.4 Å². The molecular weight excluding hydrogens is 346 g/mol. The van der Waals surface area contributed by atoms with E-state index in [0.717, 1.165) is 35.7 Å². The first-order valence-electron chi connectivity index (χ1n) is 9.08. The quantitative estimate of drug-likeness (QED) is 0.847. The van der Waals surface area contributed by atoms with Crippen LogP contribution in [0.2, 0.25) is 0 Å². The second-order valence-electron chi connectivity index (χ2n) is 6.81. The minimum atomic E-state index is 0.0419. The molecule has 1 aliphatic heterocycles. The number of benzene rings is 2. The molecule has 2 aromatic carbocycles. The number of ether oxygens (including phenoxy) is 4. The maximum atomic E-state index is 12.5. The van der Waals surface area contributed by atoms with Crippen molar-refractivity contribution in [3.05, 3.63) is 47.0 Å². The number of aryl methyl sites for hydroxylation is 1. The molecule has 0 spiro atoms. The highest BCUT2D eigenvalue weighted by Crippen LogP contribution is 2.41. The van der Waals surface area contributed by atoms with E-state index in [1.807, 2.05) is 30.3 Å². The van der Waals surface area contributed by atoms with E-state index in [1.54, 1.807) is 14.2 Å². The van der Waals surface area contributed by atoms with Crippen LogP contribution >= 0.6 is 0 Å². The van der Waals surface area contributed by atoms with Crippen LogP contribution in [-0.2, 0) is 17.8 Å². The van der Waals surface area contributed by atoms with Gasteiger partial charge in [-0.15, -0.1) is 0 Å².